The van der Waals surface area contributed by atoms with Gasteiger partial charge in [-0.05, 0) is 410 Å². The molecule has 2 aliphatic heterocycles. The third-order valence-electron chi connectivity index (χ3n) is 35.6. The molecule has 8 bridgehead atoms. The minimum atomic E-state index is -0.533. The van der Waals surface area contributed by atoms with Gasteiger partial charge in [0.1, 0.15) is 22.6 Å². The van der Waals surface area contributed by atoms with Crippen molar-refractivity contribution in [1.82, 2.24) is 39.9 Å². The standard InChI is InChI=1S/C108H42N8/c1-104(2,3)25-10-13-28-33(20-25)101-110-96(28)109-99-31-16-23-18-36-37(19-24(23)17-32(31)100(115-99)116-103-35-22-27(106(7,8)9)12-15-30(35)98(114-103)113-102-34-21-26(105(4,5)6)11-14-29(34)97(111-101)112-102)108-94-86-78-68-58-50-42-39-38-40-44-46(42)54-60-52(44)62-56-48(40)49-41(38)45-47-43(39)51(50)59-65-55(47)61-53(45)63-57(49)67-66(56)76-70(62)80-74(60)82(72(78)64(54)58)90(94)88(80)92-84(76)85-77(67)71(63)81-75(61)83-73(65)79(69(59)68)87(86)95(108)91(83)89(81)93(85)107(36,92)108/h10-22H,1-9H3,(H2,109,110,111,112,113,114,115,116). The summed E-state index contributed by atoms with van der Waals surface area (Å²) in [6.07, 6.45) is 0. The van der Waals surface area contributed by atoms with Crippen LogP contribution in [0.5, 0.6) is 0 Å². The zero-order valence-electron chi connectivity index (χ0n) is 63.2. The number of nitrogens with zero attached hydrogens (tertiary/aromatic N) is 6. The summed E-state index contributed by atoms with van der Waals surface area (Å²) in [5.74, 6) is 2.46. The number of nitrogens with one attached hydrogen (secondary N) is 2. The predicted molar refractivity (Wildman–Crippen MR) is 482 cm³/mol. The number of hydrogen-bond acceptors (Lipinski definition) is 6. The van der Waals surface area contributed by atoms with Gasteiger partial charge >= 0.3 is 0 Å². The van der Waals surface area contributed by atoms with E-state index in [1.54, 1.807) is 313 Å². The Morgan fingerprint density at radius 1 is 0.198 bits per heavy atom. The summed E-state index contributed by atoms with van der Waals surface area (Å²) in [5, 5.41) is 93.8. The topological polar surface area (TPSA) is 109 Å². The van der Waals surface area contributed by atoms with Crippen molar-refractivity contribution in [3.63, 3.8) is 0 Å². The van der Waals surface area contributed by atoms with E-state index < -0.39 is 10.8 Å². The Morgan fingerprint density at radius 2 is 0.405 bits per heavy atom. The number of rotatable bonds is 0. The van der Waals surface area contributed by atoms with E-state index in [2.05, 4.69) is 151 Å². The number of hydrogen-bond donors (Lipinski definition) is 2. The lowest BCUT2D eigenvalue weighted by Crippen LogP contribution is -2.61. The summed E-state index contributed by atoms with van der Waals surface area (Å²) in [6, 6.07) is 30.9. The molecule has 0 unspecified atom stereocenters. The second kappa shape index (κ2) is 12.9. The van der Waals surface area contributed by atoms with Crippen LogP contribution in [0.4, 0.5) is 0 Å². The summed E-state index contributed by atoms with van der Waals surface area (Å²) in [5.41, 5.74) is 18.5. The Bertz CT molecular complexity index is 11100. The van der Waals surface area contributed by atoms with Crippen LogP contribution in [0.1, 0.15) is 112 Å². The largest absolute Gasteiger partial charge is 0.324 e. The molecule has 5 aliphatic carbocycles. The first-order chi connectivity index (χ1) is 56.5. The molecule has 8 heteroatoms. The Hall–Kier alpha value is -13.8. The average Bonchev–Trinajstić information content (AvgIpc) is 1.37. The van der Waals surface area contributed by atoms with Crippen molar-refractivity contribution in [2.24, 2.45) is 0 Å². The van der Waals surface area contributed by atoms with E-state index in [1.807, 2.05) is 0 Å². The fourth-order valence-corrected chi connectivity index (χ4v) is 32.7. The number of aromatic amines is 2. The van der Waals surface area contributed by atoms with Crippen molar-refractivity contribution in [3.05, 3.63) is 129 Å². The molecule has 3 aromatic heterocycles. The van der Waals surface area contributed by atoms with Gasteiger partial charge in [0.05, 0.1) is 10.8 Å². The monoisotopic (exact) mass is 1450 g/mol. The first kappa shape index (κ1) is 51.0. The third kappa shape index (κ3) is 3.64. The van der Waals surface area contributed by atoms with E-state index in [1.165, 1.54) is 38.6 Å². The average molecular weight is 1450 g/mol. The Morgan fingerprint density at radius 3 is 0.655 bits per heavy atom. The lowest BCUT2D eigenvalue weighted by Gasteiger charge is -2.63. The molecule has 8 nitrogen and oxygen atoms in total. The van der Waals surface area contributed by atoms with Crippen LogP contribution in [0, 0.1) is 0 Å². The SMILES string of the molecule is CC(C)(C)c1ccc2c(c1)-c1nc-2nc2[nH]c(nc3nc(nc4[nH]c(n1)c1ccc(C(C)(C)C)cc41)-c1ccc(C(C)(C)C)cc1-3)c1cc3cc4c(cc3cc21)C12c3c5c6c7c8c9c(c%10c%11c1c1c3c3c%12c5c5c6c6c8c8c%13c9c9c%10c%10c%11c%11c1c1c3c3c%12c%12c5c5c6c8c6c8c%13c9c9c%10c%10c%11c1c1c3c3c%12c5c6c5c8c9c%10c1c35)C472. The molecular formula is C108H42N8. The maximum absolute atomic E-state index is 5.90. The van der Waals surface area contributed by atoms with Crippen molar-refractivity contribution in [3.8, 4) is 45.6 Å². The van der Waals surface area contributed by atoms with E-state index in [9.17, 15) is 0 Å². The van der Waals surface area contributed by atoms with Crippen LogP contribution in [0.3, 0.4) is 0 Å². The first-order valence-electron chi connectivity index (χ1n) is 42.2. The van der Waals surface area contributed by atoms with Gasteiger partial charge in [0.2, 0.25) is 0 Å². The molecule has 33 aromatic carbocycles. The number of aromatic nitrogens is 8. The van der Waals surface area contributed by atoms with Gasteiger partial charge in [0.25, 0.3) is 0 Å². The molecular weight excluding hydrogens is 1410 g/mol. The van der Waals surface area contributed by atoms with Crippen molar-refractivity contribution in [2.75, 3.05) is 0 Å². The van der Waals surface area contributed by atoms with E-state index in [0.29, 0.717) is 45.9 Å². The van der Waals surface area contributed by atoms with Gasteiger partial charge in [-0.2, -0.15) is 0 Å². The molecule has 0 saturated carbocycles. The van der Waals surface area contributed by atoms with Crippen molar-refractivity contribution < 1.29 is 0 Å². The molecule has 43 rings (SSSR count). The maximum atomic E-state index is 5.90. The summed E-state index contributed by atoms with van der Waals surface area (Å²) in [6.45, 7) is 20.6. The molecule has 7 aliphatic rings. The van der Waals surface area contributed by atoms with Crippen molar-refractivity contribution >= 4 is 346 Å². The molecule has 0 atom stereocenters. The van der Waals surface area contributed by atoms with E-state index >= 15 is 0 Å². The van der Waals surface area contributed by atoms with Crippen LogP contribution in [0.2, 0.25) is 0 Å². The molecule has 36 aromatic rings. The minimum absolute atomic E-state index is 0.117. The Kier molecular flexibility index (Phi) is 5.69. The van der Waals surface area contributed by atoms with Crippen LogP contribution < -0.4 is 0 Å². The lowest BCUT2D eigenvalue weighted by molar-refractivity contribution is 0.374. The van der Waals surface area contributed by atoms with Gasteiger partial charge in [-0.3, -0.25) is 0 Å². The molecule has 5 heterocycles. The Balaban J connectivity index is 0.707. The van der Waals surface area contributed by atoms with Gasteiger partial charge in [-0.1, -0.05) is 98.7 Å². The maximum Gasteiger partial charge on any atom is 0.164 e. The smallest absolute Gasteiger partial charge is 0.164 e. The van der Waals surface area contributed by atoms with Crippen molar-refractivity contribution in [1.29, 1.82) is 0 Å². The summed E-state index contributed by atoms with van der Waals surface area (Å²) >= 11 is 0. The van der Waals surface area contributed by atoms with Crippen LogP contribution in [0.25, 0.3) is 391 Å². The van der Waals surface area contributed by atoms with Gasteiger partial charge in [-0.25, -0.2) is 29.9 Å². The molecule has 2 N–H and O–H groups in total. The predicted octanol–water partition coefficient (Wildman–Crippen LogP) is 27.9. The molecule has 514 valence electrons. The first-order valence-corrected chi connectivity index (χ1v) is 42.2. The van der Waals surface area contributed by atoms with E-state index in [4.69, 9.17) is 29.9 Å². The van der Waals surface area contributed by atoms with Crippen molar-refractivity contribution in [2.45, 2.75) is 89.4 Å². The van der Waals surface area contributed by atoms with Gasteiger partial charge in [0, 0.05) is 43.8 Å². The highest BCUT2D eigenvalue weighted by molar-refractivity contribution is 6.82. The van der Waals surface area contributed by atoms with Gasteiger partial charge < -0.3 is 9.97 Å². The fourth-order valence-electron chi connectivity index (χ4n) is 32.7. The zero-order valence-corrected chi connectivity index (χ0v) is 63.2. The molecule has 116 heavy (non-hydrogen) atoms. The summed E-state index contributed by atoms with van der Waals surface area (Å²) in [7, 11) is 0. The molecule has 2 spiro atoms. The summed E-state index contributed by atoms with van der Waals surface area (Å²) in [4.78, 5) is 42.0. The van der Waals surface area contributed by atoms with E-state index in [-0.39, 0.29) is 16.2 Å². The Labute approximate surface area is 645 Å². The highest BCUT2D eigenvalue weighted by Gasteiger charge is 2.77. The van der Waals surface area contributed by atoms with E-state index in [0.717, 1.165) is 43.8 Å². The highest BCUT2D eigenvalue weighted by atomic mass is 15.1. The number of H-pyrrole nitrogens is 2. The van der Waals surface area contributed by atoms with Crippen LogP contribution in [-0.4, -0.2) is 39.9 Å². The zero-order chi connectivity index (χ0) is 73.1. The fraction of sp³-hybridized carbons (Fsp3) is 0.130. The summed E-state index contributed by atoms with van der Waals surface area (Å²) < 4.78 is 0. The van der Waals surface area contributed by atoms with Crippen LogP contribution in [0.15, 0.2) is 78.9 Å². The lowest BCUT2D eigenvalue weighted by atomic mass is 9.36. The third-order valence-corrected chi connectivity index (χ3v) is 35.6. The van der Waals surface area contributed by atoms with Crippen LogP contribution >= 0.6 is 0 Å². The van der Waals surface area contributed by atoms with Gasteiger partial charge in [-0.15, -0.1) is 0 Å². The normalized spacial score (nSPS) is 18.8. The molecule has 0 radical (unpaired) electrons. The molecule has 0 fully saturated rings. The molecule has 0 saturated heterocycles. The molecule has 0 amide bonds. The number of benzene rings is 23. The quantitative estimate of drug-likeness (QED) is 0.146. The second-order valence-electron chi connectivity index (χ2n) is 42.0. The minimum Gasteiger partial charge on any atom is -0.324 e. The highest BCUT2D eigenvalue weighted by Crippen LogP contribution is 2.89. The number of fused-ring (bicyclic) bond motifs is 22. The van der Waals surface area contributed by atoms with Gasteiger partial charge in [0.15, 0.2) is 23.3 Å². The second-order valence-corrected chi connectivity index (χ2v) is 42.0. The van der Waals surface area contributed by atoms with Crippen LogP contribution in [-0.2, 0) is 27.1 Å².